The van der Waals surface area contributed by atoms with Crippen molar-refractivity contribution in [1.29, 1.82) is 5.26 Å². The molecular weight excluding hydrogens is 434 g/mol. The Kier molecular flexibility index (Phi) is 7.59. The van der Waals surface area contributed by atoms with Crippen molar-refractivity contribution >= 4 is 17.6 Å². The summed E-state index contributed by atoms with van der Waals surface area (Å²) < 4.78 is 16.5. The molecule has 3 N–H and O–H groups in total. The molecule has 1 heterocycles. The topological polar surface area (TPSA) is 124 Å². The number of anilines is 1. The lowest BCUT2D eigenvalue weighted by Crippen LogP contribution is -2.26. The highest BCUT2D eigenvalue weighted by Gasteiger charge is 2.37. The first-order valence-electron chi connectivity index (χ1n) is 10.8. The fourth-order valence-electron chi connectivity index (χ4n) is 3.85. The zero-order valence-electron chi connectivity index (χ0n) is 19.6. The van der Waals surface area contributed by atoms with Crippen LogP contribution in [0.2, 0.25) is 0 Å². The van der Waals surface area contributed by atoms with Crippen molar-refractivity contribution in [3.63, 3.8) is 0 Å². The number of benzene rings is 2. The number of nitrogens with zero attached hydrogens (tertiary/aromatic N) is 1. The molecule has 2 aromatic rings. The van der Waals surface area contributed by atoms with Crippen LogP contribution >= 0.6 is 0 Å². The number of rotatable bonds is 7. The number of nitrogens with two attached hydrogens (primary N) is 1. The zero-order chi connectivity index (χ0) is 24.8. The molecule has 0 fully saturated rings. The van der Waals surface area contributed by atoms with Crippen molar-refractivity contribution in [3.05, 3.63) is 81.9 Å². The number of hydrogen-bond donors (Lipinski definition) is 2. The molecule has 34 heavy (non-hydrogen) atoms. The van der Waals surface area contributed by atoms with Crippen LogP contribution in [0.25, 0.3) is 0 Å². The SMILES string of the molecule is CCOC(=O)C1=C(C)OC(N)=C(C#N)C1c1ccccc1OCC(=O)Nc1c(C)cccc1C. The maximum atomic E-state index is 12.8. The van der Waals surface area contributed by atoms with E-state index in [-0.39, 0.29) is 41.9 Å². The summed E-state index contributed by atoms with van der Waals surface area (Å²) in [7, 11) is 0. The third-order valence-electron chi connectivity index (χ3n) is 5.44. The van der Waals surface area contributed by atoms with Crippen LogP contribution in [0.1, 0.15) is 36.5 Å². The van der Waals surface area contributed by atoms with E-state index in [4.69, 9.17) is 19.9 Å². The van der Waals surface area contributed by atoms with E-state index in [0.29, 0.717) is 11.3 Å². The Morgan fingerprint density at radius 3 is 2.44 bits per heavy atom. The lowest BCUT2D eigenvalue weighted by Gasteiger charge is -2.28. The molecule has 1 aliphatic rings. The van der Waals surface area contributed by atoms with Gasteiger partial charge in [0.2, 0.25) is 5.88 Å². The molecule has 0 aromatic heterocycles. The number of para-hydroxylation sites is 2. The van der Waals surface area contributed by atoms with Gasteiger partial charge in [0.25, 0.3) is 5.91 Å². The smallest absolute Gasteiger partial charge is 0.338 e. The molecule has 3 rings (SSSR count). The van der Waals surface area contributed by atoms with E-state index in [1.165, 1.54) is 0 Å². The molecule has 176 valence electrons. The summed E-state index contributed by atoms with van der Waals surface area (Å²) in [5.41, 5.74) is 9.30. The van der Waals surface area contributed by atoms with Gasteiger partial charge in [0.15, 0.2) is 6.61 Å². The first-order chi connectivity index (χ1) is 16.3. The average Bonchev–Trinajstić information content (AvgIpc) is 2.80. The summed E-state index contributed by atoms with van der Waals surface area (Å²) in [5, 5.41) is 12.7. The standard InChI is InChI=1S/C26H27N3O5/c1-5-32-26(31)22-17(4)34-25(28)19(13-27)23(22)18-11-6-7-12-20(18)33-14-21(30)29-24-15(2)9-8-10-16(24)3/h6-12,23H,5,14,28H2,1-4H3,(H,29,30). The number of amides is 1. The fourth-order valence-corrected chi connectivity index (χ4v) is 3.85. The maximum absolute atomic E-state index is 12.8. The van der Waals surface area contributed by atoms with Crippen LogP contribution in [-0.4, -0.2) is 25.1 Å². The molecule has 0 saturated heterocycles. The molecule has 8 heteroatoms. The number of nitriles is 1. The number of carbonyl (C=O) groups excluding carboxylic acids is 2. The van der Waals surface area contributed by atoms with Gasteiger partial charge in [-0.25, -0.2) is 4.79 Å². The Morgan fingerprint density at radius 1 is 1.12 bits per heavy atom. The quantitative estimate of drug-likeness (QED) is 0.598. The monoisotopic (exact) mass is 461 g/mol. The third-order valence-corrected chi connectivity index (χ3v) is 5.44. The number of carbonyl (C=O) groups is 2. The summed E-state index contributed by atoms with van der Waals surface area (Å²) >= 11 is 0. The second-order valence-electron chi connectivity index (χ2n) is 7.76. The molecule has 0 aliphatic carbocycles. The number of allylic oxidation sites excluding steroid dienone is 2. The van der Waals surface area contributed by atoms with E-state index in [0.717, 1.165) is 16.8 Å². The molecule has 0 bridgehead atoms. The van der Waals surface area contributed by atoms with E-state index in [9.17, 15) is 14.9 Å². The Bertz CT molecular complexity index is 1200. The largest absolute Gasteiger partial charge is 0.483 e. The lowest BCUT2D eigenvalue weighted by molar-refractivity contribution is -0.139. The molecule has 1 unspecified atom stereocenters. The summed E-state index contributed by atoms with van der Waals surface area (Å²) in [6, 6.07) is 14.7. The minimum Gasteiger partial charge on any atom is -0.483 e. The van der Waals surface area contributed by atoms with Crippen molar-refractivity contribution in [2.45, 2.75) is 33.6 Å². The molecule has 8 nitrogen and oxygen atoms in total. The lowest BCUT2D eigenvalue weighted by atomic mass is 9.82. The van der Waals surface area contributed by atoms with E-state index in [2.05, 4.69) is 5.32 Å². The van der Waals surface area contributed by atoms with Crippen LogP contribution in [0.15, 0.2) is 65.3 Å². The number of aryl methyl sites for hydroxylation is 2. The second-order valence-corrected chi connectivity index (χ2v) is 7.76. The van der Waals surface area contributed by atoms with Crippen molar-refractivity contribution in [2.75, 3.05) is 18.5 Å². The van der Waals surface area contributed by atoms with Crippen LogP contribution < -0.4 is 15.8 Å². The number of hydrogen-bond acceptors (Lipinski definition) is 7. The van der Waals surface area contributed by atoms with Gasteiger partial charge in [-0.15, -0.1) is 0 Å². The van der Waals surface area contributed by atoms with Gasteiger partial charge in [0, 0.05) is 11.3 Å². The van der Waals surface area contributed by atoms with Gasteiger partial charge >= 0.3 is 5.97 Å². The van der Waals surface area contributed by atoms with Crippen LogP contribution in [0.4, 0.5) is 5.69 Å². The summed E-state index contributed by atoms with van der Waals surface area (Å²) in [6.45, 7) is 6.98. The van der Waals surface area contributed by atoms with Gasteiger partial charge in [0.1, 0.15) is 23.2 Å². The maximum Gasteiger partial charge on any atom is 0.338 e. The molecule has 0 spiro atoms. The molecular formula is C26H27N3O5. The zero-order valence-corrected chi connectivity index (χ0v) is 19.6. The van der Waals surface area contributed by atoms with E-state index < -0.39 is 11.9 Å². The van der Waals surface area contributed by atoms with Crippen molar-refractivity contribution in [3.8, 4) is 11.8 Å². The highest BCUT2D eigenvalue weighted by atomic mass is 16.5. The van der Waals surface area contributed by atoms with Crippen LogP contribution in [-0.2, 0) is 19.1 Å². The Hall–Kier alpha value is -4.25. The van der Waals surface area contributed by atoms with Crippen molar-refractivity contribution in [1.82, 2.24) is 0 Å². The van der Waals surface area contributed by atoms with Gasteiger partial charge < -0.3 is 25.3 Å². The Balaban J connectivity index is 1.92. The number of nitrogens with one attached hydrogen (secondary N) is 1. The van der Waals surface area contributed by atoms with E-state index in [1.807, 2.05) is 38.1 Å². The summed E-state index contributed by atoms with van der Waals surface area (Å²) in [4.78, 5) is 25.4. The normalized spacial score (nSPS) is 15.3. The van der Waals surface area contributed by atoms with E-state index in [1.54, 1.807) is 38.1 Å². The van der Waals surface area contributed by atoms with E-state index >= 15 is 0 Å². The molecule has 2 aromatic carbocycles. The molecule has 1 aliphatic heterocycles. The highest BCUT2D eigenvalue weighted by Crippen LogP contribution is 2.42. The molecule has 0 radical (unpaired) electrons. The first kappa shape index (κ1) is 24.4. The van der Waals surface area contributed by atoms with Gasteiger partial charge in [-0.05, 0) is 44.9 Å². The predicted octanol–water partition coefficient (Wildman–Crippen LogP) is 3.97. The Morgan fingerprint density at radius 2 is 1.79 bits per heavy atom. The predicted molar refractivity (Wildman–Crippen MR) is 126 cm³/mol. The van der Waals surface area contributed by atoms with Crippen LogP contribution in [0, 0.1) is 25.2 Å². The molecule has 1 amide bonds. The Labute approximate surface area is 198 Å². The molecule has 0 saturated carbocycles. The van der Waals surface area contributed by atoms with Crippen LogP contribution in [0.3, 0.4) is 0 Å². The number of esters is 1. The minimum atomic E-state index is -0.865. The van der Waals surface area contributed by atoms with Gasteiger partial charge in [-0.2, -0.15) is 5.26 Å². The van der Waals surface area contributed by atoms with Crippen molar-refractivity contribution in [2.24, 2.45) is 5.73 Å². The first-order valence-corrected chi connectivity index (χ1v) is 10.8. The van der Waals surface area contributed by atoms with Crippen molar-refractivity contribution < 1.29 is 23.8 Å². The fraction of sp³-hybridized carbons (Fsp3) is 0.269. The van der Waals surface area contributed by atoms with Gasteiger partial charge in [-0.3, -0.25) is 4.79 Å². The van der Waals surface area contributed by atoms with Crippen LogP contribution in [0.5, 0.6) is 5.75 Å². The minimum absolute atomic E-state index is 0.0599. The number of ether oxygens (including phenoxy) is 3. The summed E-state index contributed by atoms with van der Waals surface area (Å²) in [6.07, 6.45) is 0. The molecule has 1 atom stereocenters. The summed E-state index contributed by atoms with van der Waals surface area (Å²) in [5.74, 6) is -1.35. The average molecular weight is 462 g/mol. The highest BCUT2D eigenvalue weighted by molar-refractivity contribution is 5.94. The van der Waals surface area contributed by atoms with Gasteiger partial charge in [0.05, 0.1) is 18.1 Å². The van der Waals surface area contributed by atoms with Gasteiger partial charge in [-0.1, -0.05) is 36.4 Å². The second kappa shape index (κ2) is 10.6. The third kappa shape index (κ3) is 5.04.